The number of terminal acetylenes is 1. The summed E-state index contributed by atoms with van der Waals surface area (Å²) in [7, 11) is 0. The maximum atomic E-state index is 5.67. The molecule has 2 nitrogen and oxygen atoms in total. The molecule has 1 rings (SSSR count). The third-order valence-corrected chi connectivity index (χ3v) is 2.66. The molecule has 18 heavy (non-hydrogen) atoms. The van der Waals surface area contributed by atoms with Crippen molar-refractivity contribution in [3.63, 3.8) is 0 Å². The van der Waals surface area contributed by atoms with Gasteiger partial charge in [-0.25, -0.2) is 0 Å². The summed E-state index contributed by atoms with van der Waals surface area (Å²) in [4.78, 5) is 0. The lowest BCUT2D eigenvalue weighted by atomic mass is 10.1. The maximum absolute atomic E-state index is 5.67. The van der Waals surface area contributed by atoms with Crippen LogP contribution in [-0.4, -0.2) is 13.2 Å². The number of benzene rings is 1. The normalized spacial score (nSPS) is 10.3. The van der Waals surface area contributed by atoms with Gasteiger partial charge in [0.15, 0.2) is 0 Å². The first-order valence-corrected chi connectivity index (χ1v) is 6.58. The minimum Gasteiger partial charge on any atom is -0.494 e. The average Bonchev–Trinajstić information content (AvgIpc) is 2.36. The summed E-state index contributed by atoms with van der Waals surface area (Å²) in [6.07, 6.45) is 7.06. The molecule has 0 aromatic heterocycles. The fraction of sp³-hybridized carbons (Fsp3) is 0.500. The van der Waals surface area contributed by atoms with Crippen molar-refractivity contribution in [3.05, 3.63) is 29.8 Å². The van der Waals surface area contributed by atoms with Crippen LogP contribution in [0.3, 0.4) is 0 Å². The highest BCUT2D eigenvalue weighted by atomic mass is 16.5. The molecule has 1 aromatic carbocycles. The molecule has 0 bridgehead atoms. The minimum atomic E-state index is 0.685. The largest absolute Gasteiger partial charge is 0.494 e. The summed E-state index contributed by atoms with van der Waals surface area (Å²) in [5.74, 6) is 4.24. The molecular formula is C16H23NO. The lowest BCUT2D eigenvalue weighted by Crippen LogP contribution is -2.13. The zero-order chi connectivity index (χ0) is 13.2. The van der Waals surface area contributed by atoms with Crippen LogP contribution in [0, 0.1) is 18.3 Å². The zero-order valence-electron chi connectivity index (χ0n) is 11.4. The van der Waals surface area contributed by atoms with Crippen LogP contribution in [0.4, 0.5) is 0 Å². The molecule has 0 unspecified atom stereocenters. The number of rotatable bonds is 8. The Kier molecular flexibility index (Phi) is 6.98. The SMILES string of the molecule is C#CCCNCc1ccc(OCCC(C)C)cc1. The van der Waals surface area contributed by atoms with Gasteiger partial charge in [-0.3, -0.25) is 0 Å². The molecule has 0 saturated heterocycles. The van der Waals surface area contributed by atoms with Gasteiger partial charge < -0.3 is 10.1 Å². The molecule has 0 fully saturated rings. The Balaban J connectivity index is 2.27. The number of hydrogen-bond donors (Lipinski definition) is 1. The minimum absolute atomic E-state index is 0.685. The van der Waals surface area contributed by atoms with Crippen LogP contribution in [0.1, 0.15) is 32.3 Å². The first-order chi connectivity index (χ1) is 8.72. The summed E-state index contributed by atoms with van der Waals surface area (Å²) >= 11 is 0. The Morgan fingerprint density at radius 3 is 2.61 bits per heavy atom. The lowest BCUT2D eigenvalue weighted by Gasteiger charge is -2.09. The van der Waals surface area contributed by atoms with Crippen LogP contribution in [-0.2, 0) is 6.54 Å². The van der Waals surface area contributed by atoms with E-state index in [1.807, 2.05) is 12.1 Å². The molecule has 0 aliphatic carbocycles. The first kappa shape index (κ1) is 14.6. The van der Waals surface area contributed by atoms with Crippen molar-refractivity contribution in [1.29, 1.82) is 0 Å². The molecule has 0 aliphatic rings. The van der Waals surface area contributed by atoms with Crippen LogP contribution in [0.5, 0.6) is 5.75 Å². The second kappa shape index (κ2) is 8.60. The summed E-state index contributed by atoms with van der Waals surface area (Å²) in [5, 5.41) is 3.30. The van der Waals surface area contributed by atoms with E-state index in [4.69, 9.17) is 11.2 Å². The second-order valence-electron chi connectivity index (χ2n) is 4.81. The Labute approximate surface area is 111 Å². The fourth-order valence-electron chi connectivity index (χ4n) is 1.51. The van der Waals surface area contributed by atoms with Gasteiger partial charge in [0.1, 0.15) is 5.75 Å². The van der Waals surface area contributed by atoms with Crippen molar-refractivity contribution < 1.29 is 4.74 Å². The van der Waals surface area contributed by atoms with Crippen molar-refractivity contribution in [2.24, 2.45) is 5.92 Å². The van der Waals surface area contributed by atoms with Crippen LogP contribution in [0.15, 0.2) is 24.3 Å². The van der Waals surface area contributed by atoms with Crippen molar-refractivity contribution in [3.8, 4) is 18.1 Å². The van der Waals surface area contributed by atoms with Crippen molar-refractivity contribution in [2.75, 3.05) is 13.2 Å². The predicted octanol–water partition coefficient (Wildman–Crippen LogP) is 3.22. The average molecular weight is 245 g/mol. The fourth-order valence-corrected chi connectivity index (χ4v) is 1.51. The summed E-state index contributed by atoms with van der Waals surface area (Å²) in [6, 6.07) is 8.23. The smallest absolute Gasteiger partial charge is 0.119 e. The van der Waals surface area contributed by atoms with E-state index in [-0.39, 0.29) is 0 Å². The van der Waals surface area contributed by atoms with Gasteiger partial charge >= 0.3 is 0 Å². The van der Waals surface area contributed by atoms with Crippen molar-refractivity contribution in [1.82, 2.24) is 5.32 Å². The van der Waals surface area contributed by atoms with E-state index in [0.717, 1.165) is 38.3 Å². The van der Waals surface area contributed by atoms with Crippen LogP contribution in [0.2, 0.25) is 0 Å². The van der Waals surface area contributed by atoms with Gasteiger partial charge in [-0.1, -0.05) is 26.0 Å². The molecule has 0 atom stereocenters. The van der Waals surface area contributed by atoms with Gasteiger partial charge in [-0.2, -0.15) is 0 Å². The highest BCUT2D eigenvalue weighted by Crippen LogP contribution is 2.13. The number of ether oxygens (including phenoxy) is 1. The number of nitrogens with one attached hydrogen (secondary N) is 1. The quantitative estimate of drug-likeness (QED) is 0.561. The van der Waals surface area contributed by atoms with E-state index in [9.17, 15) is 0 Å². The molecule has 2 heteroatoms. The van der Waals surface area contributed by atoms with Gasteiger partial charge in [-0.05, 0) is 30.0 Å². The molecule has 0 aliphatic heterocycles. The zero-order valence-corrected chi connectivity index (χ0v) is 11.4. The van der Waals surface area contributed by atoms with Crippen molar-refractivity contribution in [2.45, 2.75) is 33.2 Å². The second-order valence-corrected chi connectivity index (χ2v) is 4.81. The molecule has 1 N–H and O–H groups in total. The maximum Gasteiger partial charge on any atom is 0.119 e. The van der Waals surface area contributed by atoms with Gasteiger partial charge in [0.05, 0.1) is 6.61 Å². The third-order valence-electron chi connectivity index (χ3n) is 2.66. The third kappa shape index (κ3) is 6.32. The standard InChI is InChI=1S/C16H23NO/c1-4-5-11-17-13-15-6-8-16(9-7-15)18-12-10-14(2)3/h1,6-9,14,17H,5,10-13H2,2-3H3. The molecule has 98 valence electrons. The lowest BCUT2D eigenvalue weighted by molar-refractivity contribution is 0.289. The van der Waals surface area contributed by atoms with Crippen LogP contribution < -0.4 is 10.1 Å². The monoisotopic (exact) mass is 245 g/mol. The van der Waals surface area contributed by atoms with Crippen molar-refractivity contribution >= 4 is 0 Å². The van der Waals surface area contributed by atoms with E-state index in [1.165, 1.54) is 5.56 Å². The molecule has 1 aromatic rings. The van der Waals surface area contributed by atoms with E-state index < -0.39 is 0 Å². The topological polar surface area (TPSA) is 21.3 Å². The van der Waals surface area contributed by atoms with Gasteiger partial charge in [0.2, 0.25) is 0 Å². The molecule has 0 amide bonds. The van der Waals surface area contributed by atoms with E-state index in [0.29, 0.717) is 5.92 Å². The summed E-state index contributed by atoms with van der Waals surface area (Å²) in [6.45, 7) is 6.91. The Morgan fingerprint density at radius 1 is 1.28 bits per heavy atom. The predicted molar refractivity (Wildman–Crippen MR) is 76.5 cm³/mol. The molecule has 0 saturated carbocycles. The van der Waals surface area contributed by atoms with Crippen LogP contribution in [0.25, 0.3) is 0 Å². The highest BCUT2D eigenvalue weighted by molar-refractivity contribution is 5.27. The Bertz CT molecular complexity index is 362. The first-order valence-electron chi connectivity index (χ1n) is 6.58. The number of hydrogen-bond acceptors (Lipinski definition) is 2. The van der Waals surface area contributed by atoms with E-state index in [2.05, 4.69) is 37.2 Å². The summed E-state index contributed by atoms with van der Waals surface area (Å²) in [5.41, 5.74) is 1.25. The highest BCUT2D eigenvalue weighted by Gasteiger charge is 1.97. The summed E-state index contributed by atoms with van der Waals surface area (Å²) < 4.78 is 5.67. The van der Waals surface area contributed by atoms with Gasteiger partial charge in [0, 0.05) is 19.5 Å². The molecule has 0 spiro atoms. The molecule has 0 radical (unpaired) electrons. The Morgan fingerprint density at radius 2 is 2.00 bits per heavy atom. The van der Waals surface area contributed by atoms with Gasteiger partial charge in [-0.15, -0.1) is 12.3 Å². The van der Waals surface area contributed by atoms with E-state index in [1.54, 1.807) is 0 Å². The molecular weight excluding hydrogens is 222 g/mol. The Hall–Kier alpha value is -1.46. The van der Waals surface area contributed by atoms with E-state index >= 15 is 0 Å². The van der Waals surface area contributed by atoms with Crippen LogP contribution >= 0.6 is 0 Å². The van der Waals surface area contributed by atoms with Gasteiger partial charge in [0.25, 0.3) is 0 Å². The molecule has 0 heterocycles.